The summed E-state index contributed by atoms with van der Waals surface area (Å²) in [6.07, 6.45) is 1.46. The standard InChI is InChI=1S/C18H21N3O5S2/c1-3-12-20-27(23,24)13-14-4-8-16(9-5-14)21-18(22)15-6-10-17(11-7-15)28(25,26)19-2/h3-11,19-20H,1,12-13H2,2H3,(H,21,22). The van der Waals surface area contributed by atoms with E-state index in [0.717, 1.165) is 0 Å². The van der Waals surface area contributed by atoms with Gasteiger partial charge in [0.1, 0.15) is 0 Å². The largest absolute Gasteiger partial charge is 0.322 e. The number of hydrogen-bond donors (Lipinski definition) is 3. The van der Waals surface area contributed by atoms with Crippen LogP contribution < -0.4 is 14.8 Å². The number of sulfonamides is 2. The molecular weight excluding hydrogens is 402 g/mol. The molecule has 0 heterocycles. The summed E-state index contributed by atoms with van der Waals surface area (Å²) < 4.78 is 51.7. The van der Waals surface area contributed by atoms with Crippen LogP contribution in [0.5, 0.6) is 0 Å². The number of carbonyl (C=O) groups is 1. The maximum atomic E-state index is 12.3. The van der Waals surface area contributed by atoms with Crippen LogP contribution in [0, 0.1) is 0 Å². The van der Waals surface area contributed by atoms with Crippen molar-refractivity contribution in [3.63, 3.8) is 0 Å². The average Bonchev–Trinajstić information content (AvgIpc) is 2.68. The highest BCUT2D eigenvalue weighted by Gasteiger charge is 2.13. The lowest BCUT2D eigenvalue weighted by atomic mass is 10.2. The number of hydrogen-bond acceptors (Lipinski definition) is 5. The van der Waals surface area contributed by atoms with Crippen LogP contribution >= 0.6 is 0 Å². The first-order valence-corrected chi connectivity index (χ1v) is 11.3. The van der Waals surface area contributed by atoms with Gasteiger partial charge in [-0.2, -0.15) is 0 Å². The minimum absolute atomic E-state index is 0.0576. The predicted molar refractivity (Wildman–Crippen MR) is 108 cm³/mol. The van der Waals surface area contributed by atoms with Gasteiger partial charge in [0, 0.05) is 17.8 Å². The Morgan fingerprint density at radius 1 is 1.00 bits per heavy atom. The van der Waals surface area contributed by atoms with Gasteiger partial charge < -0.3 is 5.32 Å². The van der Waals surface area contributed by atoms with E-state index >= 15 is 0 Å². The van der Waals surface area contributed by atoms with Crippen molar-refractivity contribution in [3.8, 4) is 0 Å². The lowest BCUT2D eigenvalue weighted by molar-refractivity contribution is 0.102. The van der Waals surface area contributed by atoms with Gasteiger partial charge >= 0.3 is 0 Å². The van der Waals surface area contributed by atoms with E-state index in [-0.39, 0.29) is 22.8 Å². The van der Waals surface area contributed by atoms with Crippen LogP contribution in [0.15, 0.2) is 66.1 Å². The molecule has 150 valence electrons. The van der Waals surface area contributed by atoms with Gasteiger partial charge in [-0.05, 0) is 49.0 Å². The lowest BCUT2D eigenvalue weighted by Crippen LogP contribution is -2.25. The molecule has 2 aromatic carbocycles. The van der Waals surface area contributed by atoms with E-state index in [2.05, 4.69) is 21.3 Å². The van der Waals surface area contributed by atoms with E-state index in [1.54, 1.807) is 24.3 Å². The van der Waals surface area contributed by atoms with Gasteiger partial charge in [0.05, 0.1) is 10.6 Å². The Morgan fingerprint density at radius 2 is 1.61 bits per heavy atom. The normalized spacial score (nSPS) is 11.8. The van der Waals surface area contributed by atoms with E-state index in [9.17, 15) is 21.6 Å². The highest BCUT2D eigenvalue weighted by Crippen LogP contribution is 2.15. The SMILES string of the molecule is C=CCNS(=O)(=O)Cc1ccc(NC(=O)c2ccc(S(=O)(=O)NC)cc2)cc1. The Bertz CT molecular complexity index is 1050. The van der Waals surface area contributed by atoms with E-state index in [0.29, 0.717) is 11.3 Å². The van der Waals surface area contributed by atoms with E-state index in [4.69, 9.17) is 0 Å². The third-order valence-electron chi connectivity index (χ3n) is 3.71. The van der Waals surface area contributed by atoms with Crippen molar-refractivity contribution in [2.24, 2.45) is 0 Å². The Hall–Kier alpha value is -2.53. The van der Waals surface area contributed by atoms with Gasteiger partial charge in [0.15, 0.2) is 0 Å². The molecule has 0 spiro atoms. The summed E-state index contributed by atoms with van der Waals surface area (Å²) in [5, 5.41) is 2.67. The van der Waals surface area contributed by atoms with Gasteiger partial charge in [0.2, 0.25) is 20.0 Å². The monoisotopic (exact) mass is 423 g/mol. The van der Waals surface area contributed by atoms with Crippen LogP contribution in [0.25, 0.3) is 0 Å². The predicted octanol–water partition coefficient (Wildman–Crippen LogP) is 1.45. The van der Waals surface area contributed by atoms with Crippen LogP contribution in [0.1, 0.15) is 15.9 Å². The molecule has 0 aliphatic heterocycles. The zero-order valence-electron chi connectivity index (χ0n) is 15.2. The molecule has 10 heteroatoms. The van der Waals surface area contributed by atoms with Gasteiger partial charge in [0.25, 0.3) is 5.91 Å². The summed E-state index contributed by atoms with van der Waals surface area (Å²) in [6.45, 7) is 3.61. The molecule has 0 unspecified atom stereocenters. The summed E-state index contributed by atoms with van der Waals surface area (Å²) in [5.41, 5.74) is 1.34. The van der Waals surface area contributed by atoms with Crippen molar-refractivity contribution in [3.05, 3.63) is 72.3 Å². The molecule has 2 aromatic rings. The first-order valence-electron chi connectivity index (χ1n) is 8.19. The number of rotatable bonds is 9. The second-order valence-electron chi connectivity index (χ2n) is 5.78. The molecule has 0 fully saturated rings. The number of nitrogens with one attached hydrogen (secondary N) is 3. The molecule has 1 amide bonds. The van der Waals surface area contributed by atoms with Gasteiger partial charge in [-0.25, -0.2) is 26.3 Å². The third-order valence-corrected chi connectivity index (χ3v) is 6.46. The average molecular weight is 424 g/mol. The number of carbonyl (C=O) groups excluding carboxylic acids is 1. The van der Waals surface area contributed by atoms with Crippen molar-refractivity contribution >= 4 is 31.6 Å². The summed E-state index contributed by atoms with van der Waals surface area (Å²) in [7, 11) is -5.72. The van der Waals surface area contributed by atoms with Crippen LogP contribution in [-0.4, -0.2) is 36.3 Å². The van der Waals surface area contributed by atoms with Gasteiger partial charge in [-0.1, -0.05) is 18.2 Å². The topological polar surface area (TPSA) is 121 Å². The van der Waals surface area contributed by atoms with Crippen LogP contribution in [0.4, 0.5) is 5.69 Å². The summed E-state index contributed by atoms with van der Waals surface area (Å²) in [4.78, 5) is 12.3. The molecule has 0 saturated heterocycles. The zero-order valence-corrected chi connectivity index (χ0v) is 16.8. The van der Waals surface area contributed by atoms with E-state index < -0.39 is 26.0 Å². The first kappa shape index (κ1) is 21.8. The fourth-order valence-electron chi connectivity index (χ4n) is 2.25. The molecule has 8 nitrogen and oxygen atoms in total. The molecule has 3 N–H and O–H groups in total. The van der Waals surface area contributed by atoms with Crippen molar-refractivity contribution in [2.75, 3.05) is 18.9 Å². The Labute approximate surface area is 164 Å². The minimum atomic E-state index is -3.57. The highest BCUT2D eigenvalue weighted by atomic mass is 32.2. The molecule has 28 heavy (non-hydrogen) atoms. The molecule has 0 aliphatic rings. The first-order chi connectivity index (χ1) is 13.2. The maximum absolute atomic E-state index is 12.3. The van der Waals surface area contributed by atoms with Crippen molar-refractivity contribution in [1.29, 1.82) is 0 Å². The second-order valence-corrected chi connectivity index (χ2v) is 9.47. The second kappa shape index (κ2) is 9.11. The highest BCUT2D eigenvalue weighted by molar-refractivity contribution is 7.89. The number of amides is 1. The summed E-state index contributed by atoms with van der Waals surface area (Å²) >= 11 is 0. The maximum Gasteiger partial charge on any atom is 0.255 e. The molecule has 0 aliphatic carbocycles. The number of anilines is 1. The fraction of sp³-hybridized carbons (Fsp3) is 0.167. The van der Waals surface area contributed by atoms with Crippen molar-refractivity contribution < 1.29 is 21.6 Å². The third kappa shape index (κ3) is 5.99. The Morgan fingerprint density at radius 3 is 2.14 bits per heavy atom. The van der Waals surface area contributed by atoms with Gasteiger partial charge in [-0.15, -0.1) is 6.58 Å². The molecule has 2 rings (SSSR count). The minimum Gasteiger partial charge on any atom is -0.322 e. The summed E-state index contributed by atoms with van der Waals surface area (Å²) in [5.74, 6) is -0.599. The molecule has 0 aromatic heterocycles. The molecule has 0 atom stereocenters. The van der Waals surface area contributed by atoms with E-state index in [1.165, 1.54) is 37.4 Å². The Kier molecular flexibility index (Phi) is 7.08. The van der Waals surface area contributed by atoms with Crippen molar-refractivity contribution in [1.82, 2.24) is 9.44 Å². The summed E-state index contributed by atoms with van der Waals surface area (Å²) in [6, 6.07) is 11.9. The quantitative estimate of drug-likeness (QED) is 0.527. The Balaban J connectivity index is 2.04. The molecular formula is C18H21N3O5S2. The van der Waals surface area contributed by atoms with Crippen molar-refractivity contribution in [2.45, 2.75) is 10.6 Å². The van der Waals surface area contributed by atoms with Crippen LogP contribution in [-0.2, 0) is 25.8 Å². The fourth-order valence-corrected chi connectivity index (χ4v) is 4.08. The molecule has 0 radical (unpaired) electrons. The van der Waals surface area contributed by atoms with E-state index in [1.807, 2.05) is 0 Å². The van der Waals surface area contributed by atoms with Crippen LogP contribution in [0.3, 0.4) is 0 Å². The smallest absolute Gasteiger partial charge is 0.255 e. The van der Waals surface area contributed by atoms with Crippen LogP contribution in [0.2, 0.25) is 0 Å². The number of benzene rings is 2. The molecule has 0 bridgehead atoms. The molecule has 0 saturated carbocycles. The lowest BCUT2D eigenvalue weighted by Gasteiger charge is -2.08. The zero-order chi connectivity index (χ0) is 20.8. The van der Waals surface area contributed by atoms with Gasteiger partial charge in [-0.3, -0.25) is 4.79 Å².